The van der Waals surface area contributed by atoms with Gasteiger partial charge in [-0.1, -0.05) is 23.7 Å². The molecule has 0 aliphatic heterocycles. The standard InChI is InChI=1S/C13H9BrClN3O2S/c14-13-10(17)5-9(15)6-12(13)21(19,20)18-11-4-2-1-3-8(11)7-16/h1-6,18H,17H2. The Labute approximate surface area is 135 Å². The lowest BCUT2D eigenvalue weighted by atomic mass is 10.2. The minimum Gasteiger partial charge on any atom is -0.398 e. The van der Waals surface area contributed by atoms with Crippen molar-refractivity contribution in [2.45, 2.75) is 4.90 Å². The molecule has 3 N–H and O–H groups in total. The largest absolute Gasteiger partial charge is 0.398 e. The number of halogens is 2. The molecule has 108 valence electrons. The summed E-state index contributed by atoms with van der Waals surface area (Å²) in [5, 5.41) is 9.19. The number of nitrogens with two attached hydrogens (primary N) is 1. The number of nitriles is 1. The van der Waals surface area contributed by atoms with Crippen LogP contribution in [0.25, 0.3) is 0 Å². The molecular formula is C13H9BrClN3O2S. The van der Waals surface area contributed by atoms with Crippen molar-refractivity contribution in [3.05, 3.63) is 51.5 Å². The molecule has 0 unspecified atom stereocenters. The Hall–Kier alpha value is -1.75. The van der Waals surface area contributed by atoms with Gasteiger partial charge < -0.3 is 5.73 Å². The van der Waals surface area contributed by atoms with Crippen molar-refractivity contribution >= 4 is 48.9 Å². The Bertz CT molecular complexity index is 847. The van der Waals surface area contributed by atoms with E-state index in [2.05, 4.69) is 20.7 Å². The van der Waals surface area contributed by atoms with Crippen LogP contribution in [0.2, 0.25) is 5.02 Å². The SMILES string of the molecule is N#Cc1ccccc1NS(=O)(=O)c1cc(Cl)cc(N)c1Br. The first-order valence-corrected chi connectivity index (χ1v) is 8.27. The lowest BCUT2D eigenvalue weighted by Gasteiger charge is -2.12. The van der Waals surface area contributed by atoms with Crippen LogP contribution in [0, 0.1) is 11.3 Å². The number of nitrogens with zero attached hydrogens (tertiary/aromatic N) is 1. The quantitative estimate of drug-likeness (QED) is 0.791. The zero-order chi connectivity index (χ0) is 15.6. The van der Waals surface area contributed by atoms with E-state index in [9.17, 15) is 8.42 Å². The van der Waals surface area contributed by atoms with Crippen molar-refractivity contribution in [2.24, 2.45) is 0 Å². The van der Waals surface area contributed by atoms with E-state index in [1.807, 2.05) is 6.07 Å². The van der Waals surface area contributed by atoms with E-state index in [4.69, 9.17) is 22.6 Å². The van der Waals surface area contributed by atoms with Gasteiger partial charge in [0.05, 0.1) is 15.7 Å². The first-order chi connectivity index (χ1) is 9.85. The van der Waals surface area contributed by atoms with Gasteiger partial charge in [0.2, 0.25) is 0 Å². The smallest absolute Gasteiger partial charge is 0.263 e. The summed E-state index contributed by atoms with van der Waals surface area (Å²) in [6.07, 6.45) is 0. The third-order valence-corrected chi connectivity index (χ3v) is 5.37. The number of benzene rings is 2. The molecule has 0 heterocycles. The summed E-state index contributed by atoms with van der Waals surface area (Å²) in [6, 6.07) is 10.9. The van der Waals surface area contributed by atoms with Crippen molar-refractivity contribution in [1.82, 2.24) is 0 Å². The van der Waals surface area contributed by atoms with Gasteiger partial charge in [0.15, 0.2) is 0 Å². The van der Waals surface area contributed by atoms with Crippen molar-refractivity contribution in [1.29, 1.82) is 5.26 Å². The third-order valence-electron chi connectivity index (χ3n) is 2.61. The minimum atomic E-state index is -3.93. The monoisotopic (exact) mass is 385 g/mol. The van der Waals surface area contributed by atoms with Gasteiger partial charge in [-0.2, -0.15) is 5.26 Å². The number of hydrogen-bond acceptors (Lipinski definition) is 4. The summed E-state index contributed by atoms with van der Waals surface area (Å²) in [7, 11) is -3.93. The fourth-order valence-electron chi connectivity index (χ4n) is 1.65. The summed E-state index contributed by atoms with van der Waals surface area (Å²) in [4.78, 5) is -0.0970. The molecule has 0 amide bonds. The average Bonchev–Trinajstić information content (AvgIpc) is 2.43. The van der Waals surface area contributed by atoms with Crippen molar-refractivity contribution in [3.63, 3.8) is 0 Å². The molecule has 0 spiro atoms. The molecule has 2 rings (SSSR count). The number of rotatable bonds is 3. The highest BCUT2D eigenvalue weighted by Gasteiger charge is 2.21. The number of sulfonamides is 1. The van der Waals surface area contributed by atoms with Crippen molar-refractivity contribution in [2.75, 3.05) is 10.5 Å². The van der Waals surface area contributed by atoms with E-state index < -0.39 is 10.0 Å². The highest BCUT2D eigenvalue weighted by atomic mass is 79.9. The molecule has 0 bridgehead atoms. The van der Waals surface area contributed by atoms with E-state index in [0.29, 0.717) is 0 Å². The normalized spacial score (nSPS) is 10.9. The van der Waals surface area contributed by atoms with Gasteiger partial charge in [-0.3, -0.25) is 4.72 Å². The Morgan fingerprint density at radius 1 is 1.29 bits per heavy atom. The third kappa shape index (κ3) is 3.29. The van der Waals surface area contributed by atoms with Crippen LogP contribution in [0.4, 0.5) is 11.4 Å². The van der Waals surface area contributed by atoms with E-state index in [0.717, 1.165) is 0 Å². The van der Waals surface area contributed by atoms with Crippen LogP contribution in [0.15, 0.2) is 45.8 Å². The van der Waals surface area contributed by atoms with Gasteiger partial charge >= 0.3 is 0 Å². The zero-order valence-electron chi connectivity index (χ0n) is 10.5. The first-order valence-electron chi connectivity index (χ1n) is 5.61. The van der Waals surface area contributed by atoms with E-state index in [1.165, 1.54) is 24.3 Å². The molecule has 0 fully saturated rings. The Balaban J connectivity index is 2.52. The first kappa shape index (κ1) is 15.6. The minimum absolute atomic E-state index is 0.0970. The van der Waals surface area contributed by atoms with E-state index in [-0.39, 0.29) is 31.3 Å². The molecule has 8 heteroatoms. The molecule has 0 atom stereocenters. The maximum absolute atomic E-state index is 12.4. The predicted molar refractivity (Wildman–Crippen MR) is 85.5 cm³/mol. The Morgan fingerprint density at radius 2 is 1.95 bits per heavy atom. The molecule has 0 aliphatic rings. The van der Waals surface area contributed by atoms with Gasteiger partial charge in [-0.25, -0.2) is 8.42 Å². The zero-order valence-corrected chi connectivity index (χ0v) is 13.6. The molecule has 0 saturated heterocycles. The number of para-hydroxylation sites is 1. The molecule has 2 aromatic rings. The topological polar surface area (TPSA) is 96.0 Å². The fraction of sp³-hybridized carbons (Fsp3) is 0. The molecule has 21 heavy (non-hydrogen) atoms. The van der Waals surface area contributed by atoms with Crippen LogP contribution >= 0.6 is 27.5 Å². The van der Waals surface area contributed by atoms with E-state index >= 15 is 0 Å². The maximum Gasteiger partial charge on any atom is 0.263 e. The average molecular weight is 387 g/mol. The van der Waals surface area contributed by atoms with Crippen molar-refractivity contribution in [3.8, 4) is 6.07 Å². The summed E-state index contributed by atoms with van der Waals surface area (Å²) in [6.45, 7) is 0. The van der Waals surface area contributed by atoms with Crippen LogP contribution < -0.4 is 10.5 Å². The van der Waals surface area contributed by atoms with Gasteiger partial charge in [-0.05, 0) is 40.2 Å². The predicted octanol–water partition coefficient (Wildman–Crippen LogP) is 3.36. The maximum atomic E-state index is 12.4. The molecule has 2 aromatic carbocycles. The second-order valence-corrected chi connectivity index (χ2v) is 6.95. The highest BCUT2D eigenvalue weighted by molar-refractivity contribution is 9.10. The number of hydrogen-bond donors (Lipinski definition) is 2. The molecule has 0 radical (unpaired) electrons. The van der Waals surface area contributed by atoms with Gasteiger partial charge in [0.25, 0.3) is 10.0 Å². The van der Waals surface area contributed by atoms with Gasteiger partial charge in [0, 0.05) is 10.7 Å². The summed E-state index contributed by atoms with van der Waals surface area (Å²) < 4.78 is 27.4. The second kappa shape index (κ2) is 5.93. The lowest BCUT2D eigenvalue weighted by Crippen LogP contribution is -2.15. The number of nitrogens with one attached hydrogen (secondary N) is 1. The van der Waals surface area contributed by atoms with Crippen LogP contribution in [0.3, 0.4) is 0 Å². The number of anilines is 2. The van der Waals surface area contributed by atoms with Crippen molar-refractivity contribution < 1.29 is 8.42 Å². The summed E-state index contributed by atoms with van der Waals surface area (Å²) in [5.41, 5.74) is 6.30. The molecule has 0 saturated carbocycles. The molecule has 0 aliphatic carbocycles. The summed E-state index contributed by atoms with van der Waals surface area (Å²) >= 11 is 8.98. The van der Waals surface area contributed by atoms with Crippen LogP contribution in [0.1, 0.15) is 5.56 Å². The highest BCUT2D eigenvalue weighted by Crippen LogP contribution is 2.32. The number of nitrogen functional groups attached to an aromatic ring is 1. The fourth-order valence-corrected chi connectivity index (χ4v) is 4.02. The molecular weight excluding hydrogens is 378 g/mol. The summed E-state index contributed by atoms with van der Waals surface area (Å²) in [5.74, 6) is 0. The molecule has 5 nitrogen and oxygen atoms in total. The molecule has 0 aromatic heterocycles. The lowest BCUT2D eigenvalue weighted by molar-refractivity contribution is 0.601. The van der Waals surface area contributed by atoms with Crippen LogP contribution in [-0.2, 0) is 10.0 Å². The second-order valence-electron chi connectivity index (χ2n) is 4.07. The van der Waals surface area contributed by atoms with Gasteiger partial charge in [0.1, 0.15) is 11.0 Å². The van der Waals surface area contributed by atoms with Crippen LogP contribution in [-0.4, -0.2) is 8.42 Å². The Kier molecular flexibility index (Phi) is 4.42. The van der Waals surface area contributed by atoms with Gasteiger partial charge in [-0.15, -0.1) is 0 Å². The Morgan fingerprint density at radius 3 is 2.62 bits per heavy atom. The van der Waals surface area contributed by atoms with E-state index in [1.54, 1.807) is 12.1 Å². The van der Waals surface area contributed by atoms with Crippen LogP contribution in [0.5, 0.6) is 0 Å².